The van der Waals surface area contributed by atoms with Crippen molar-refractivity contribution in [2.45, 2.75) is 13.0 Å². The van der Waals surface area contributed by atoms with E-state index in [1.807, 2.05) is 19.1 Å². The third-order valence-corrected chi connectivity index (χ3v) is 4.73. The van der Waals surface area contributed by atoms with Crippen LogP contribution < -0.4 is 10.9 Å². The molecule has 142 valence electrons. The number of methoxy groups -OCH3 is 1. The molecule has 0 aliphatic rings. The maximum atomic E-state index is 12.7. The number of halogens is 3. The van der Waals surface area contributed by atoms with E-state index in [1.54, 1.807) is 19.2 Å². The van der Waals surface area contributed by atoms with E-state index in [9.17, 15) is 4.79 Å². The minimum Gasteiger partial charge on any atom is -0.464 e. The lowest BCUT2D eigenvalue weighted by Crippen LogP contribution is -2.24. The van der Waals surface area contributed by atoms with Gasteiger partial charge in [0.1, 0.15) is 22.6 Å². The van der Waals surface area contributed by atoms with E-state index in [0.717, 1.165) is 10.4 Å². The van der Waals surface area contributed by atoms with Gasteiger partial charge in [0.15, 0.2) is 0 Å². The first kappa shape index (κ1) is 19.8. The van der Waals surface area contributed by atoms with Gasteiger partial charge in [0, 0.05) is 12.1 Å². The van der Waals surface area contributed by atoms with Crippen molar-refractivity contribution >= 4 is 40.5 Å². The average molecular weight is 429 g/mol. The van der Waals surface area contributed by atoms with Crippen molar-refractivity contribution in [3.8, 4) is 5.69 Å². The topological polar surface area (TPSA) is 69.3 Å². The first-order valence-corrected chi connectivity index (χ1v) is 9.09. The smallest absolute Gasteiger partial charge is 0.292 e. The van der Waals surface area contributed by atoms with Crippen LogP contribution >= 0.6 is 34.8 Å². The number of nitrogens with one attached hydrogen (secondary N) is 1. The normalized spacial score (nSPS) is 12.2. The minimum absolute atomic E-state index is 0.0274. The molecule has 3 rings (SSSR count). The highest BCUT2D eigenvalue weighted by molar-refractivity contribution is 6.36. The lowest BCUT2D eigenvalue weighted by molar-refractivity contribution is 0.178. The second-order valence-electron chi connectivity index (χ2n) is 5.79. The van der Waals surface area contributed by atoms with E-state index >= 15 is 0 Å². The number of hydrogen-bond acceptors (Lipinski definition) is 5. The van der Waals surface area contributed by atoms with Crippen LogP contribution in [0.3, 0.4) is 0 Å². The first-order valence-electron chi connectivity index (χ1n) is 7.95. The summed E-state index contributed by atoms with van der Waals surface area (Å²) in [6, 6.07) is 8.09. The van der Waals surface area contributed by atoms with Crippen LogP contribution in [0.25, 0.3) is 5.69 Å². The number of benzene rings is 1. The maximum absolute atomic E-state index is 12.7. The molecule has 0 aliphatic heterocycles. The van der Waals surface area contributed by atoms with Crippen molar-refractivity contribution in [2.75, 3.05) is 19.0 Å². The molecule has 0 aliphatic carbocycles. The van der Waals surface area contributed by atoms with Crippen molar-refractivity contribution in [1.82, 2.24) is 9.78 Å². The Morgan fingerprint density at radius 3 is 2.67 bits per heavy atom. The molecule has 0 spiro atoms. The maximum Gasteiger partial charge on any atom is 0.292 e. The fraction of sp³-hybridized carbons (Fsp3) is 0.222. The van der Waals surface area contributed by atoms with Gasteiger partial charge in [-0.2, -0.15) is 9.78 Å². The van der Waals surface area contributed by atoms with Crippen LogP contribution in [0.5, 0.6) is 0 Å². The van der Waals surface area contributed by atoms with Gasteiger partial charge in [0.25, 0.3) is 5.56 Å². The molecule has 3 aromatic rings. The van der Waals surface area contributed by atoms with Crippen LogP contribution in [0, 0.1) is 6.92 Å². The Morgan fingerprint density at radius 2 is 2.04 bits per heavy atom. The Labute approximate surface area is 170 Å². The van der Waals surface area contributed by atoms with Crippen LogP contribution in [-0.4, -0.2) is 23.5 Å². The fourth-order valence-electron chi connectivity index (χ4n) is 2.55. The quantitative estimate of drug-likeness (QED) is 0.605. The lowest BCUT2D eigenvalue weighted by atomic mass is 10.2. The number of furan rings is 1. The molecule has 0 saturated carbocycles. The van der Waals surface area contributed by atoms with Crippen LogP contribution in [0.15, 0.2) is 45.7 Å². The predicted molar refractivity (Wildman–Crippen MR) is 107 cm³/mol. The Morgan fingerprint density at radius 1 is 1.26 bits per heavy atom. The lowest BCUT2D eigenvalue weighted by Gasteiger charge is -2.18. The molecule has 0 bridgehead atoms. The van der Waals surface area contributed by atoms with Gasteiger partial charge in [0.05, 0.1) is 29.2 Å². The van der Waals surface area contributed by atoms with Crippen LogP contribution in [0.4, 0.5) is 5.69 Å². The highest BCUT2D eigenvalue weighted by Crippen LogP contribution is 2.27. The van der Waals surface area contributed by atoms with Gasteiger partial charge in [-0.15, -0.1) is 0 Å². The molecule has 1 unspecified atom stereocenters. The van der Waals surface area contributed by atoms with E-state index in [1.165, 1.54) is 12.3 Å². The number of ether oxygens (including phenoxy) is 1. The summed E-state index contributed by atoms with van der Waals surface area (Å²) >= 11 is 18.4. The highest BCUT2D eigenvalue weighted by atomic mass is 35.5. The molecule has 0 saturated heterocycles. The third-order valence-electron chi connectivity index (χ3n) is 3.82. The molecular formula is C18H16Cl3N3O3. The molecular weight excluding hydrogens is 413 g/mol. The molecule has 9 heteroatoms. The number of anilines is 1. The summed E-state index contributed by atoms with van der Waals surface area (Å²) < 4.78 is 12.0. The van der Waals surface area contributed by atoms with Gasteiger partial charge in [-0.05, 0) is 37.3 Å². The summed E-state index contributed by atoms with van der Waals surface area (Å²) in [4.78, 5) is 12.7. The van der Waals surface area contributed by atoms with Gasteiger partial charge in [-0.3, -0.25) is 4.79 Å². The van der Waals surface area contributed by atoms with Crippen molar-refractivity contribution in [3.05, 3.63) is 73.5 Å². The second kappa shape index (κ2) is 8.35. The molecule has 0 amide bonds. The van der Waals surface area contributed by atoms with Crippen LogP contribution in [0.2, 0.25) is 15.1 Å². The monoisotopic (exact) mass is 427 g/mol. The van der Waals surface area contributed by atoms with E-state index < -0.39 is 5.56 Å². The van der Waals surface area contributed by atoms with Gasteiger partial charge in [0.2, 0.25) is 0 Å². The van der Waals surface area contributed by atoms with E-state index in [-0.39, 0.29) is 16.1 Å². The molecule has 0 fully saturated rings. The van der Waals surface area contributed by atoms with Gasteiger partial charge >= 0.3 is 0 Å². The minimum atomic E-state index is -0.516. The molecule has 1 atom stereocenters. The number of aromatic nitrogens is 2. The molecule has 6 nitrogen and oxygen atoms in total. The predicted octanol–water partition coefficient (Wildman–Crippen LogP) is 4.89. The number of rotatable bonds is 6. The summed E-state index contributed by atoms with van der Waals surface area (Å²) in [5.74, 6) is 1.43. The summed E-state index contributed by atoms with van der Waals surface area (Å²) in [6.07, 6.45) is 1.45. The highest BCUT2D eigenvalue weighted by Gasteiger charge is 2.19. The Bertz CT molecular complexity index is 1020. The van der Waals surface area contributed by atoms with Crippen LogP contribution in [0.1, 0.15) is 17.6 Å². The average Bonchev–Trinajstić information content (AvgIpc) is 3.06. The molecule has 2 heterocycles. The van der Waals surface area contributed by atoms with Gasteiger partial charge in [-0.1, -0.05) is 34.8 Å². The summed E-state index contributed by atoms with van der Waals surface area (Å²) in [5, 5.41) is 8.03. The molecule has 0 radical (unpaired) electrons. The van der Waals surface area contributed by atoms with Crippen molar-refractivity contribution < 1.29 is 9.15 Å². The third kappa shape index (κ3) is 4.30. The number of nitrogens with zero attached hydrogens (tertiary/aromatic N) is 2. The summed E-state index contributed by atoms with van der Waals surface area (Å²) in [6.45, 7) is 2.16. The van der Waals surface area contributed by atoms with Crippen molar-refractivity contribution in [2.24, 2.45) is 0 Å². The Hall–Kier alpha value is -1.99. The number of aryl methyl sites for hydroxylation is 1. The van der Waals surface area contributed by atoms with Crippen molar-refractivity contribution in [1.29, 1.82) is 0 Å². The van der Waals surface area contributed by atoms with Gasteiger partial charge in [-0.25, -0.2) is 0 Å². The molecule has 1 aromatic carbocycles. The molecule has 1 N–H and O–H groups in total. The zero-order chi connectivity index (χ0) is 19.6. The van der Waals surface area contributed by atoms with Gasteiger partial charge < -0.3 is 14.5 Å². The first-order chi connectivity index (χ1) is 12.9. The van der Waals surface area contributed by atoms with E-state index in [0.29, 0.717) is 28.8 Å². The fourth-order valence-corrected chi connectivity index (χ4v) is 3.22. The SMILES string of the molecule is COCC(Nc1cnn(-c2ccc(Cl)cc2Cl)c(=O)c1Cl)c1ccc(C)o1. The van der Waals surface area contributed by atoms with E-state index in [4.69, 9.17) is 44.0 Å². The zero-order valence-electron chi connectivity index (χ0n) is 14.5. The second-order valence-corrected chi connectivity index (χ2v) is 7.01. The van der Waals surface area contributed by atoms with Crippen molar-refractivity contribution in [3.63, 3.8) is 0 Å². The Kier molecular flexibility index (Phi) is 6.11. The number of hydrogen-bond donors (Lipinski definition) is 1. The van der Waals surface area contributed by atoms with Crippen LogP contribution in [-0.2, 0) is 4.74 Å². The van der Waals surface area contributed by atoms with E-state index in [2.05, 4.69) is 10.4 Å². The Balaban J connectivity index is 1.95. The summed E-state index contributed by atoms with van der Waals surface area (Å²) in [7, 11) is 1.57. The largest absolute Gasteiger partial charge is 0.464 e. The summed E-state index contributed by atoms with van der Waals surface area (Å²) in [5.41, 5.74) is 0.228. The molecule has 27 heavy (non-hydrogen) atoms. The zero-order valence-corrected chi connectivity index (χ0v) is 16.8. The molecule has 2 aromatic heterocycles. The standard InChI is InChI=1S/C18H16Cl3N3O3/c1-10-3-6-16(27-10)14(9-26-2)23-13-8-22-24(18(25)17(13)21)15-5-4-11(19)7-12(15)20/h3-8,14,23H,9H2,1-2H3.